The molecule has 10 heavy (non-hydrogen) atoms. The molecule has 0 saturated carbocycles. The first-order valence-electron chi connectivity index (χ1n) is 2.63. The summed E-state index contributed by atoms with van der Waals surface area (Å²) in [6.07, 6.45) is -0.821. The first-order chi connectivity index (χ1) is 4.61. The Hall–Kier alpha value is -0.370. The van der Waals surface area contributed by atoms with E-state index in [9.17, 15) is 9.59 Å². The number of hydrogen-bond donors (Lipinski definition) is 2. The third-order valence-electron chi connectivity index (χ3n) is 1.14. The molecule has 0 radical (unpaired) electrons. The molecule has 6 heteroatoms. The lowest BCUT2D eigenvalue weighted by molar-refractivity contribution is -0.121. The fourth-order valence-corrected chi connectivity index (χ4v) is 1.07. The van der Waals surface area contributed by atoms with Gasteiger partial charge in [0.1, 0.15) is 6.17 Å². The van der Waals surface area contributed by atoms with E-state index in [2.05, 4.69) is 5.32 Å². The van der Waals surface area contributed by atoms with Gasteiger partial charge in [-0.2, -0.15) is 0 Å². The number of urea groups is 1. The van der Waals surface area contributed by atoms with E-state index < -0.39 is 6.17 Å². The van der Waals surface area contributed by atoms with E-state index in [1.54, 1.807) is 22.9 Å². The zero-order chi connectivity index (χ0) is 7.72. The number of nitrogens with one attached hydrogen (secondary N) is 1. The molecule has 1 heterocycles. The summed E-state index contributed by atoms with van der Waals surface area (Å²) < 4.78 is 1.25. The van der Waals surface area contributed by atoms with Crippen molar-refractivity contribution in [1.82, 2.24) is 8.43 Å². The van der Waals surface area contributed by atoms with Gasteiger partial charge < -0.3 is 11.1 Å². The van der Waals surface area contributed by atoms with E-state index >= 15 is 0 Å². The van der Waals surface area contributed by atoms with Gasteiger partial charge in [0.15, 0.2) is 5.78 Å². The highest BCUT2D eigenvalue weighted by Crippen LogP contribution is 2.04. The van der Waals surface area contributed by atoms with Crippen molar-refractivity contribution in [1.29, 1.82) is 0 Å². The summed E-state index contributed by atoms with van der Waals surface area (Å²) in [7, 11) is 0. The Bertz CT molecular complexity index is 163. The van der Waals surface area contributed by atoms with Crippen LogP contribution in [0.15, 0.2) is 0 Å². The quantitative estimate of drug-likeness (QED) is 0.440. The molecule has 0 spiro atoms. The van der Waals surface area contributed by atoms with Crippen LogP contribution < -0.4 is 11.1 Å². The molecular formula is C4H6IN3O2. The number of ketones is 1. The smallest absolute Gasteiger partial charge is 0.315 e. The molecule has 0 bridgehead atoms. The van der Waals surface area contributed by atoms with Crippen LogP contribution in [0, 0.1) is 0 Å². The van der Waals surface area contributed by atoms with Crippen molar-refractivity contribution in [3.8, 4) is 0 Å². The van der Waals surface area contributed by atoms with Gasteiger partial charge in [-0.3, -0.25) is 7.91 Å². The molecule has 1 saturated heterocycles. The van der Waals surface area contributed by atoms with Gasteiger partial charge in [0.05, 0.1) is 29.4 Å². The molecule has 0 aliphatic carbocycles. The summed E-state index contributed by atoms with van der Waals surface area (Å²) in [5, 5.41) is 2.29. The van der Waals surface area contributed by atoms with Crippen molar-refractivity contribution in [2.75, 3.05) is 6.54 Å². The van der Waals surface area contributed by atoms with Crippen LogP contribution in [0.5, 0.6) is 0 Å². The van der Waals surface area contributed by atoms with Gasteiger partial charge in [-0.05, 0) is 0 Å². The molecule has 56 valence electrons. The Kier molecular flexibility index (Phi) is 2.09. The zero-order valence-electron chi connectivity index (χ0n) is 5.00. The van der Waals surface area contributed by atoms with Crippen LogP contribution in [0.2, 0.25) is 0 Å². The first kappa shape index (κ1) is 7.73. The summed E-state index contributed by atoms with van der Waals surface area (Å²) >= 11 is 1.75. The van der Waals surface area contributed by atoms with Gasteiger partial charge in [-0.25, -0.2) is 4.79 Å². The molecular weight excluding hydrogens is 249 g/mol. The third-order valence-corrected chi connectivity index (χ3v) is 1.92. The van der Waals surface area contributed by atoms with Crippen LogP contribution in [0.3, 0.4) is 0 Å². The minimum atomic E-state index is -0.821. The highest BCUT2D eigenvalue weighted by atomic mass is 127. The van der Waals surface area contributed by atoms with Crippen LogP contribution in [-0.2, 0) is 4.79 Å². The summed E-state index contributed by atoms with van der Waals surface area (Å²) in [4.78, 5) is 21.5. The van der Waals surface area contributed by atoms with Gasteiger partial charge in [0, 0.05) is 0 Å². The fourth-order valence-electron chi connectivity index (χ4n) is 0.591. The Balaban J connectivity index is 2.63. The number of carbonyl (C=O) groups excluding carboxylic acids is 2. The zero-order valence-corrected chi connectivity index (χ0v) is 7.16. The van der Waals surface area contributed by atoms with E-state index in [4.69, 9.17) is 5.73 Å². The van der Waals surface area contributed by atoms with E-state index in [0.29, 0.717) is 0 Å². The molecule has 0 aromatic carbocycles. The van der Waals surface area contributed by atoms with E-state index in [1.165, 1.54) is 3.11 Å². The minimum Gasteiger partial charge on any atom is -0.315 e. The molecule has 1 aliphatic rings. The summed E-state index contributed by atoms with van der Waals surface area (Å²) in [6.45, 7) is 0.0908. The predicted molar refractivity (Wildman–Crippen MR) is 42.2 cm³/mol. The molecule has 2 amide bonds. The van der Waals surface area contributed by atoms with Gasteiger partial charge in [0.25, 0.3) is 0 Å². The van der Waals surface area contributed by atoms with Gasteiger partial charge in [-0.15, -0.1) is 0 Å². The number of nitrogens with two attached hydrogens (primary N) is 1. The predicted octanol–water partition coefficient (Wildman–Crippen LogP) is -0.784. The number of rotatable bonds is 0. The normalized spacial score (nSPS) is 26.6. The molecule has 1 atom stereocenters. The summed E-state index contributed by atoms with van der Waals surface area (Å²) in [6, 6.07) is -0.312. The van der Waals surface area contributed by atoms with E-state index in [-0.39, 0.29) is 18.4 Å². The lowest BCUT2D eigenvalue weighted by atomic mass is 10.3. The number of carbonyl (C=O) groups is 2. The fraction of sp³-hybridized carbons (Fsp3) is 0.500. The maximum absolute atomic E-state index is 10.8. The van der Waals surface area contributed by atoms with Crippen molar-refractivity contribution in [3.05, 3.63) is 0 Å². The molecule has 0 aromatic heterocycles. The second-order valence-electron chi connectivity index (χ2n) is 1.91. The van der Waals surface area contributed by atoms with Crippen LogP contribution >= 0.6 is 22.9 Å². The highest BCUT2D eigenvalue weighted by molar-refractivity contribution is 14.1. The van der Waals surface area contributed by atoms with Gasteiger partial charge in [0.2, 0.25) is 0 Å². The summed E-state index contributed by atoms with van der Waals surface area (Å²) in [5.74, 6) is -0.172. The maximum Gasteiger partial charge on any atom is 0.328 e. The number of hydrogen-bond acceptors (Lipinski definition) is 3. The Labute approximate surface area is 71.4 Å². The number of Topliss-reactive ketones (excluding diaryl/α,β-unsaturated/α-hetero) is 1. The van der Waals surface area contributed by atoms with Crippen molar-refractivity contribution >= 4 is 34.7 Å². The monoisotopic (exact) mass is 255 g/mol. The molecule has 1 unspecified atom stereocenters. The van der Waals surface area contributed by atoms with Crippen LogP contribution in [0.1, 0.15) is 0 Å². The molecule has 3 N–H and O–H groups in total. The minimum absolute atomic E-state index is 0.0908. The van der Waals surface area contributed by atoms with Crippen molar-refractivity contribution in [3.63, 3.8) is 0 Å². The lowest BCUT2D eigenvalue weighted by Crippen LogP contribution is -2.58. The maximum atomic E-state index is 10.8. The largest absolute Gasteiger partial charge is 0.328 e. The second-order valence-corrected chi connectivity index (χ2v) is 3.08. The molecule has 1 fully saturated rings. The Morgan fingerprint density at radius 1 is 1.70 bits per heavy atom. The molecule has 1 aliphatic heterocycles. The summed E-state index contributed by atoms with van der Waals surface area (Å²) in [5.41, 5.74) is 5.22. The number of amides is 2. The highest BCUT2D eigenvalue weighted by Gasteiger charge is 2.27. The molecule has 0 aromatic rings. The van der Waals surface area contributed by atoms with Crippen LogP contribution in [0.25, 0.3) is 0 Å². The topological polar surface area (TPSA) is 75.4 Å². The molecule has 5 nitrogen and oxygen atoms in total. The van der Waals surface area contributed by atoms with Crippen molar-refractivity contribution in [2.24, 2.45) is 5.73 Å². The van der Waals surface area contributed by atoms with Crippen LogP contribution in [-0.4, -0.2) is 27.6 Å². The second kappa shape index (κ2) is 2.70. The number of halogens is 1. The van der Waals surface area contributed by atoms with Crippen molar-refractivity contribution < 1.29 is 9.59 Å². The standard InChI is InChI=1S/C4H6IN3O2/c5-8-1-2(9)3(6)7-4(8)10/h3H,1,6H2,(H,7,10). The SMILES string of the molecule is NC1NC(=O)N(I)CC1=O. The number of nitrogens with zero attached hydrogens (tertiary/aromatic N) is 1. The van der Waals surface area contributed by atoms with E-state index in [1.807, 2.05) is 0 Å². The average Bonchev–Trinajstić information content (AvgIpc) is 1.84. The van der Waals surface area contributed by atoms with Crippen molar-refractivity contribution in [2.45, 2.75) is 6.17 Å². The third kappa shape index (κ3) is 1.37. The Morgan fingerprint density at radius 2 is 2.30 bits per heavy atom. The molecule has 1 rings (SSSR count). The van der Waals surface area contributed by atoms with Crippen LogP contribution in [0.4, 0.5) is 4.79 Å². The lowest BCUT2D eigenvalue weighted by Gasteiger charge is -2.24. The first-order valence-corrected chi connectivity index (χ1v) is 3.60. The Morgan fingerprint density at radius 3 is 2.80 bits per heavy atom. The van der Waals surface area contributed by atoms with Gasteiger partial charge in [-0.1, -0.05) is 0 Å². The van der Waals surface area contributed by atoms with Gasteiger partial charge >= 0.3 is 6.03 Å². The average molecular weight is 255 g/mol. The van der Waals surface area contributed by atoms with E-state index in [0.717, 1.165) is 0 Å².